The summed E-state index contributed by atoms with van der Waals surface area (Å²) in [7, 11) is 4.01. The van der Waals surface area contributed by atoms with Gasteiger partial charge in [0.05, 0.1) is 12.5 Å². The molecule has 0 aliphatic heterocycles. The lowest BCUT2D eigenvalue weighted by Crippen LogP contribution is -2.34. The lowest BCUT2D eigenvalue weighted by Gasteiger charge is -2.18. The van der Waals surface area contributed by atoms with Gasteiger partial charge in [-0.15, -0.1) is 0 Å². The zero-order chi connectivity index (χ0) is 19.4. The number of nitriles is 1. The Kier molecular flexibility index (Phi) is 5.52. The summed E-state index contributed by atoms with van der Waals surface area (Å²) in [5.74, 6) is -0.231. The van der Waals surface area contributed by atoms with E-state index in [4.69, 9.17) is 5.26 Å². The van der Waals surface area contributed by atoms with Gasteiger partial charge in [-0.05, 0) is 47.5 Å². The van der Waals surface area contributed by atoms with E-state index in [9.17, 15) is 4.39 Å². The van der Waals surface area contributed by atoms with Crippen LogP contribution in [0.1, 0.15) is 12.1 Å². The molecule has 0 amide bonds. The Morgan fingerprint density at radius 1 is 0.963 bits per heavy atom. The van der Waals surface area contributed by atoms with Gasteiger partial charge < -0.3 is 4.90 Å². The summed E-state index contributed by atoms with van der Waals surface area (Å²) in [6.45, 7) is 2.78. The molecule has 0 unspecified atom stereocenters. The van der Waals surface area contributed by atoms with Crippen LogP contribution in [0.15, 0.2) is 60.7 Å². The summed E-state index contributed by atoms with van der Waals surface area (Å²) in [6.07, 6.45) is 0.508. The largest absolute Gasteiger partial charge is 0.374 e. The van der Waals surface area contributed by atoms with Gasteiger partial charge in [0.25, 0.3) is 0 Å². The summed E-state index contributed by atoms with van der Waals surface area (Å²) >= 11 is 0. The molecule has 0 aliphatic rings. The molecule has 2 aromatic carbocycles. The number of rotatable bonds is 5. The molecule has 0 spiro atoms. The smallest absolute Gasteiger partial charge is 0.213 e. The van der Waals surface area contributed by atoms with Crippen LogP contribution in [-0.4, -0.2) is 13.6 Å². The molecular weight excluding hydrogens is 337 g/mol. The molecule has 0 saturated carbocycles. The van der Waals surface area contributed by atoms with E-state index < -0.39 is 0 Å². The Balaban J connectivity index is 1.95. The number of aromatic nitrogens is 1. The lowest BCUT2D eigenvalue weighted by atomic mass is 10.0. The van der Waals surface area contributed by atoms with E-state index in [0.717, 1.165) is 33.8 Å². The van der Waals surface area contributed by atoms with Crippen LogP contribution in [0.4, 0.5) is 10.1 Å². The van der Waals surface area contributed by atoms with Crippen LogP contribution in [0.3, 0.4) is 0 Å². The highest BCUT2D eigenvalue weighted by Crippen LogP contribution is 2.27. The fourth-order valence-corrected chi connectivity index (χ4v) is 3.12. The zero-order valence-corrected chi connectivity index (χ0v) is 15.9. The molecule has 0 N–H and O–H groups in total. The van der Waals surface area contributed by atoms with Crippen molar-refractivity contribution in [2.75, 3.05) is 18.5 Å². The number of hydrogen-bond donors (Lipinski definition) is 0. The highest BCUT2D eigenvalue weighted by molar-refractivity contribution is 5.70. The minimum absolute atomic E-state index is 0.231. The van der Waals surface area contributed by atoms with Crippen molar-refractivity contribution in [2.45, 2.75) is 13.3 Å². The average Bonchev–Trinajstić information content (AvgIpc) is 2.69. The number of pyridine rings is 1. The number of nitrogens with zero attached hydrogens (tertiary/aromatic N) is 3. The molecule has 4 heteroatoms. The second-order valence-corrected chi connectivity index (χ2v) is 6.71. The first-order valence-corrected chi connectivity index (χ1v) is 8.95. The van der Waals surface area contributed by atoms with Crippen LogP contribution in [0.2, 0.25) is 0 Å². The summed E-state index contributed by atoms with van der Waals surface area (Å²) in [5, 5.41) is 8.74. The third-order valence-electron chi connectivity index (χ3n) is 4.89. The monoisotopic (exact) mass is 360 g/mol. The number of benzene rings is 2. The third-order valence-corrected chi connectivity index (χ3v) is 4.89. The molecule has 1 heterocycles. The van der Waals surface area contributed by atoms with Crippen molar-refractivity contribution < 1.29 is 8.96 Å². The predicted molar refractivity (Wildman–Crippen MR) is 107 cm³/mol. The minimum atomic E-state index is -0.231. The van der Waals surface area contributed by atoms with Gasteiger partial charge in [0.1, 0.15) is 12.9 Å². The van der Waals surface area contributed by atoms with Gasteiger partial charge in [-0.2, -0.15) is 9.83 Å². The summed E-state index contributed by atoms with van der Waals surface area (Å²) < 4.78 is 15.4. The topological polar surface area (TPSA) is 30.9 Å². The molecule has 3 aromatic rings. The van der Waals surface area contributed by atoms with Crippen molar-refractivity contribution in [2.24, 2.45) is 7.05 Å². The fraction of sp³-hybridized carbons (Fsp3) is 0.217. The van der Waals surface area contributed by atoms with Gasteiger partial charge in [-0.3, -0.25) is 0 Å². The van der Waals surface area contributed by atoms with Gasteiger partial charge >= 0.3 is 0 Å². The van der Waals surface area contributed by atoms with E-state index in [0.29, 0.717) is 13.0 Å². The standard InChI is InChI=1S/C23H23FN3/c1-17-15-20(16-23(27(17)3)19-5-9-21(24)10-6-19)18-7-11-22(12-8-18)26(2)14-4-13-25/h5-12,15-16H,4,14H2,1-3H3/q+1. The minimum Gasteiger partial charge on any atom is -0.374 e. The van der Waals surface area contributed by atoms with Gasteiger partial charge in [0, 0.05) is 43.9 Å². The van der Waals surface area contributed by atoms with Crippen molar-refractivity contribution in [3.63, 3.8) is 0 Å². The Bertz CT molecular complexity index is 970. The maximum Gasteiger partial charge on any atom is 0.213 e. The number of halogens is 1. The molecule has 0 atom stereocenters. The predicted octanol–water partition coefficient (Wildman–Crippen LogP) is 4.64. The first kappa shape index (κ1) is 18.6. The van der Waals surface area contributed by atoms with Gasteiger partial charge in [-0.1, -0.05) is 12.1 Å². The van der Waals surface area contributed by atoms with E-state index in [1.807, 2.05) is 14.1 Å². The molecule has 136 valence electrons. The average molecular weight is 360 g/mol. The molecule has 0 saturated heterocycles. The Hall–Kier alpha value is -3.19. The molecular formula is C23H23FN3+. The van der Waals surface area contributed by atoms with E-state index in [1.165, 1.54) is 12.1 Å². The Morgan fingerprint density at radius 3 is 2.22 bits per heavy atom. The number of aryl methyl sites for hydroxylation is 1. The van der Waals surface area contributed by atoms with Gasteiger partial charge in [-0.25, -0.2) is 4.39 Å². The molecule has 1 aromatic heterocycles. The second kappa shape index (κ2) is 8.01. The molecule has 0 aliphatic carbocycles. The van der Waals surface area contributed by atoms with Crippen LogP contribution < -0.4 is 9.47 Å². The first-order valence-electron chi connectivity index (χ1n) is 8.95. The van der Waals surface area contributed by atoms with Gasteiger partial charge in [0.2, 0.25) is 5.69 Å². The van der Waals surface area contributed by atoms with Crippen molar-refractivity contribution in [3.05, 3.63) is 72.2 Å². The van der Waals surface area contributed by atoms with E-state index >= 15 is 0 Å². The molecule has 3 rings (SSSR count). The Morgan fingerprint density at radius 2 is 1.59 bits per heavy atom. The molecule has 0 fully saturated rings. The maximum absolute atomic E-state index is 13.3. The first-order chi connectivity index (χ1) is 13.0. The number of anilines is 1. The zero-order valence-electron chi connectivity index (χ0n) is 15.9. The molecule has 27 heavy (non-hydrogen) atoms. The van der Waals surface area contributed by atoms with Crippen LogP contribution >= 0.6 is 0 Å². The lowest BCUT2D eigenvalue weighted by molar-refractivity contribution is -0.666. The summed E-state index contributed by atoms with van der Waals surface area (Å²) in [6, 6.07) is 21.4. The normalized spacial score (nSPS) is 10.5. The van der Waals surface area contributed by atoms with E-state index in [-0.39, 0.29) is 5.82 Å². The van der Waals surface area contributed by atoms with E-state index in [2.05, 4.69) is 58.9 Å². The number of hydrogen-bond acceptors (Lipinski definition) is 2. The van der Waals surface area contributed by atoms with Crippen molar-refractivity contribution in [1.29, 1.82) is 5.26 Å². The van der Waals surface area contributed by atoms with Crippen LogP contribution in [0.5, 0.6) is 0 Å². The maximum atomic E-state index is 13.3. The van der Waals surface area contributed by atoms with Crippen molar-refractivity contribution >= 4 is 5.69 Å². The van der Waals surface area contributed by atoms with Crippen molar-refractivity contribution in [3.8, 4) is 28.5 Å². The fourth-order valence-electron chi connectivity index (χ4n) is 3.12. The highest BCUT2D eigenvalue weighted by atomic mass is 19.1. The molecule has 0 radical (unpaired) electrons. The van der Waals surface area contributed by atoms with Crippen LogP contribution in [0, 0.1) is 24.1 Å². The molecule has 0 bridgehead atoms. The highest BCUT2D eigenvalue weighted by Gasteiger charge is 2.15. The SMILES string of the molecule is Cc1cc(-c2ccc(N(C)CCC#N)cc2)cc(-c2ccc(F)cc2)[n+]1C. The van der Waals surface area contributed by atoms with E-state index in [1.54, 1.807) is 12.1 Å². The quantitative estimate of drug-likeness (QED) is 0.621. The summed E-state index contributed by atoms with van der Waals surface area (Å²) in [5.41, 5.74) is 6.49. The van der Waals surface area contributed by atoms with Crippen molar-refractivity contribution in [1.82, 2.24) is 0 Å². The summed E-state index contributed by atoms with van der Waals surface area (Å²) in [4.78, 5) is 2.08. The third kappa shape index (κ3) is 4.15. The van der Waals surface area contributed by atoms with Crippen LogP contribution in [0.25, 0.3) is 22.4 Å². The molecule has 3 nitrogen and oxygen atoms in total. The second-order valence-electron chi connectivity index (χ2n) is 6.71. The Labute approximate surface area is 159 Å². The van der Waals surface area contributed by atoms with Crippen LogP contribution in [-0.2, 0) is 7.05 Å². The van der Waals surface area contributed by atoms with Gasteiger partial charge in [0.15, 0.2) is 5.69 Å².